The van der Waals surface area contributed by atoms with Crippen molar-refractivity contribution in [1.82, 2.24) is 15.5 Å². The second-order valence-electron chi connectivity index (χ2n) is 8.00. The SMILES string of the molecule is CCNC(=NCC1CCOc2ccccc21)NC1CN(C2CC2)CC1C. The van der Waals surface area contributed by atoms with Crippen molar-refractivity contribution < 1.29 is 4.74 Å². The number of ether oxygens (including phenoxy) is 1. The minimum Gasteiger partial charge on any atom is -0.493 e. The number of hydrogen-bond acceptors (Lipinski definition) is 3. The summed E-state index contributed by atoms with van der Waals surface area (Å²) in [5.41, 5.74) is 1.30. The molecule has 5 heteroatoms. The van der Waals surface area contributed by atoms with Crippen LogP contribution in [0, 0.1) is 5.92 Å². The molecule has 0 spiro atoms. The number of guanidine groups is 1. The van der Waals surface area contributed by atoms with E-state index in [2.05, 4.69) is 47.6 Å². The summed E-state index contributed by atoms with van der Waals surface area (Å²) < 4.78 is 5.78. The Morgan fingerprint density at radius 3 is 2.88 bits per heavy atom. The van der Waals surface area contributed by atoms with E-state index in [-0.39, 0.29) is 0 Å². The number of nitrogens with one attached hydrogen (secondary N) is 2. The molecule has 1 saturated heterocycles. The van der Waals surface area contributed by atoms with Crippen LogP contribution in [0.4, 0.5) is 0 Å². The smallest absolute Gasteiger partial charge is 0.191 e. The van der Waals surface area contributed by atoms with Gasteiger partial charge in [0.05, 0.1) is 6.61 Å². The summed E-state index contributed by atoms with van der Waals surface area (Å²) in [5.74, 6) is 3.11. The highest BCUT2D eigenvalue weighted by Crippen LogP contribution is 2.34. The zero-order valence-electron chi connectivity index (χ0n) is 16.1. The number of fused-ring (bicyclic) bond motifs is 1. The Labute approximate surface area is 157 Å². The quantitative estimate of drug-likeness (QED) is 0.629. The fraction of sp³-hybridized carbons (Fsp3) is 0.667. The van der Waals surface area contributed by atoms with E-state index >= 15 is 0 Å². The average Bonchev–Trinajstić information content (AvgIpc) is 3.44. The van der Waals surface area contributed by atoms with Gasteiger partial charge in [-0.15, -0.1) is 0 Å². The first-order valence-corrected chi connectivity index (χ1v) is 10.2. The van der Waals surface area contributed by atoms with Crippen LogP contribution in [-0.4, -0.2) is 55.7 Å². The van der Waals surface area contributed by atoms with Gasteiger partial charge in [-0.1, -0.05) is 25.1 Å². The number of para-hydroxylation sites is 1. The number of benzene rings is 1. The maximum atomic E-state index is 5.78. The molecule has 2 fully saturated rings. The lowest BCUT2D eigenvalue weighted by molar-refractivity contribution is 0.269. The molecule has 1 saturated carbocycles. The second-order valence-corrected chi connectivity index (χ2v) is 8.00. The molecule has 5 nitrogen and oxygen atoms in total. The van der Waals surface area contributed by atoms with Gasteiger partial charge in [0.25, 0.3) is 0 Å². The average molecular weight is 357 g/mol. The first kappa shape index (κ1) is 17.7. The van der Waals surface area contributed by atoms with Gasteiger partial charge in [-0.2, -0.15) is 0 Å². The molecule has 2 heterocycles. The van der Waals surface area contributed by atoms with Crippen LogP contribution in [0.15, 0.2) is 29.3 Å². The van der Waals surface area contributed by atoms with Crippen LogP contribution in [-0.2, 0) is 0 Å². The van der Waals surface area contributed by atoms with Gasteiger partial charge in [-0.05, 0) is 43.7 Å². The van der Waals surface area contributed by atoms with Gasteiger partial charge in [0, 0.05) is 44.2 Å². The summed E-state index contributed by atoms with van der Waals surface area (Å²) in [5, 5.41) is 7.15. The highest BCUT2D eigenvalue weighted by atomic mass is 16.5. The highest BCUT2D eigenvalue weighted by molar-refractivity contribution is 5.80. The van der Waals surface area contributed by atoms with Crippen molar-refractivity contribution in [1.29, 1.82) is 0 Å². The van der Waals surface area contributed by atoms with Crippen molar-refractivity contribution in [2.45, 2.75) is 51.1 Å². The van der Waals surface area contributed by atoms with Crippen molar-refractivity contribution in [3.8, 4) is 5.75 Å². The normalized spacial score (nSPS) is 29.2. The largest absolute Gasteiger partial charge is 0.493 e. The van der Waals surface area contributed by atoms with Gasteiger partial charge < -0.3 is 15.4 Å². The third-order valence-electron chi connectivity index (χ3n) is 5.92. The molecule has 2 N–H and O–H groups in total. The molecule has 142 valence electrons. The molecule has 0 radical (unpaired) electrons. The number of nitrogens with zero attached hydrogens (tertiary/aromatic N) is 2. The van der Waals surface area contributed by atoms with Crippen LogP contribution in [0.3, 0.4) is 0 Å². The Balaban J connectivity index is 1.40. The summed E-state index contributed by atoms with van der Waals surface area (Å²) >= 11 is 0. The molecule has 4 rings (SSSR count). The molecular weight excluding hydrogens is 324 g/mol. The Hall–Kier alpha value is -1.75. The highest BCUT2D eigenvalue weighted by Gasteiger charge is 2.38. The first-order chi connectivity index (χ1) is 12.7. The van der Waals surface area contributed by atoms with E-state index in [1.54, 1.807) is 0 Å². The van der Waals surface area contributed by atoms with Crippen molar-refractivity contribution in [2.75, 3.05) is 32.8 Å². The Bertz CT molecular complexity index is 643. The molecule has 26 heavy (non-hydrogen) atoms. The van der Waals surface area contributed by atoms with E-state index in [1.807, 2.05) is 6.07 Å². The molecule has 2 aliphatic heterocycles. The first-order valence-electron chi connectivity index (χ1n) is 10.2. The van der Waals surface area contributed by atoms with Gasteiger partial charge in [0.1, 0.15) is 5.75 Å². The third kappa shape index (κ3) is 3.98. The second kappa shape index (κ2) is 7.87. The van der Waals surface area contributed by atoms with Gasteiger partial charge in [0.2, 0.25) is 0 Å². The summed E-state index contributed by atoms with van der Waals surface area (Å²) in [7, 11) is 0. The van der Waals surface area contributed by atoms with Crippen LogP contribution in [0.2, 0.25) is 0 Å². The summed E-state index contributed by atoms with van der Waals surface area (Å²) in [4.78, 5) is 7.59. The Morgan fingerprint density at radius 1 is 1.23 bits per heavy atom. The van der Waals surface area contributed by atoms with Crippen molar-refractivity contribution >= 4 is 5.96 Å². The van der Waals surface area contributed by atoms with Crippen LogP contribution < -0.4 is 15.4 Å². The summed E-state index contributed by atoms with van der Waals surface area (Å²) in [6, 6.07) is 9.74. The topological polar surface area (TPSA) is 48.9 Å². The molecule has 3 atom stereocenters. The van der Waals surface area contributed by atoms with Crippen molar-refractivity contribution in [3.63, 3.8) is 0 Å². The predicted octanol–water partition coefficient (Wildman–Crippen LogP) is 2.59. The fourth-order valence-corrected chi connectivity index (χ4v) is 4.23. The van der Waals surface area contributed by atoms with Gasteiger partial charge in [-0.25, -0.2) is 0 Å². The monoisotopic (exact) mass is 356 g/mol. The molecule has 0 amide bonds. The maximum Gasteiger partial charge on any atom is 0.191 e. The van der Waals surface area contributed by atoms with Crippen LogP contribution >= 0.6 is 0 Å². The Morgan fingerprint density at radius 2 is 2.08 bits per heavy atom. The number of likely N-dealkylation sites (tertiary alicyclic amines) is 1. The zero-order valence-corrected chi connectivity index (χ0v) is 16.1. The minimum atomic E-state index is 0.444. The number of hydrogen-bond donors (Lipinski definition) is 2. The molecule has 3 unspecified atom stereocenters. The van der Waals surface area contributed by atoms with Crippen LogP contribution in [0.1, 0.15) is 44.6 Å². The van der Waals surface area contributed by atoms with E-state index in [0.29, 0.717) is 17.9 Å². The number of rotatable bonds is 5. The van der Waals surface area contributed by atoms with E-state index in [0.717, 1.165) is 50.4 Å². The molecule has 0 bridgehead atoms. The van der Waals surface area contributed by atoms with E-state index in [4.69, 9.17) is 9.73 Å². The fourth-order valence-electron chi connectivity index (χ4n) is 4.23. The van der Waals surface area contributed by atoms with Crippen LogP contribution in [0.25, 0.3) is 0 Å². The predicted molar refractivity (Wildman–Crippen MR) is 106 cm³/mol. The molecule has 1 aliphatic carbocycles. The van der Waals surface area contributed by atoms with E-state index in [1.165, 1.54) is 24.9 Å². The lowest BCUT2D eigenvalue weighted by Crippen LogP contribution is -2.46. The van der Waals surface area contributed by atoms with Crippen molar-refractivity contribution in [2.24, 2.45) is 10.9 Å². The summed E-state index contributed by atoms with van der Waals surface area (Å²) in [6.07, 6.45) is 3.81. The third-order valence-corrected chi connectivity index (χ3v) is 5.92. The molecule has 1 aromatic carbocycles. The summed E-state index contributed by atoms with van der Waals surface area (Å²) in [6.45, 7) is 9.35. The van der Waals surface area contributed by atoms with Gasteiger partial charge >= 0.3 is 0 Å². The zero-order chi connectivity index (χ0) is 17.9. The van der Waals surface area contributed by atoms with E-state index < -0.39 is 0 Å². The molecule has 3 aliphatic rings. The van der Waals surface area contributed by atoms with Crippen LogP contribution in [0.5, 0.6) is 5.75 Å². The van der Waals surface area contributed by atoms with Gasteiger partial charge in [0.15, 0.2) is 5.96 Å². The molecule has 1 aromatic rings. The van der Waals surface area contributed by atoms with E-state index in [9.17, 15) is 0 Å². The molecule has 0 aromatic heterocycles. The molecular formula is C21H32N4O. The van der Waals surface area contributed by atoms with Crippen molar-refractivity contribution in [3.05, 3.63) is 29.8 Å². The minimum absolute atomic E-state index is 0.444. The lowest BCUT2D eigenvalue weighted by atomic mass is 9.93. The van der Waals surface area contributed by atoms with Gasteiger partial charge in [-0.3, -0.25) is 9.89 Å². The standard InChI is InChI=1S/C21H32N4O/c1-3-22-21(24-19-14-25(13-15(19)2)17-8-9-17)23-12-16-10-11-26-20-7-5-4-6-18(16)20/h4-7,15-17,19H,3,8-14H2,1-2H3,(H2,22,23,24). The maximum absolute atomic E-state index is 5.78. The number of aliphatic imine (C=N–C) groups is 1. The Kier molecular flexibility index (Phi) is 5.34. The lowest BCUT2D eigenvalue weighted by Gasteiger charge is -2.25.